The predicted octanol–water partition coefficient (Wildman–Crippen LogP) is 3.21. The Bertz CT molecular complexity index is 787. The zero-order chi connectivity index (χ0) is 19.4. The van der Waals surface area contributed by atoms with Crippen molar-refractivity contribution < 1.29 is 9.53 Å². The molecule has 0 bridgehead atoms. The van der Waals surface area contributed by atoms with Gasteiger partial charge in [-0.2, -0.15) is 0 Å². The second kappa shape index (κ2) is 9.89. The largest absolute Gasteiger partial charge is 0.491 e. The first kappa shape index (κ1) is 22.2. The first-order valence-corrected chi connectivity index (χ1v) is 9.65. The number of hydrogen-bond acceptors (Lipinski definition) is 5. The molecule has 0 spiro atoms. The van der Waals surface area contributed by atoms with Gasteiger partial charge in [0, 0.05) is 0 Å². The van der Waals surface area contributed by atoms with E-state index in [-0.39, 0.29) is 30.5 Å². The minimum Gasteiger partial charge on any atom is -0.491 e. The Kier molecular flexibility index (Phi) is 7.83. The average Bonchev–Trinajstić information content (AvgIpc) is 3.03. The summed E-state index contributed by atoms with van der Waals surface area (Å²) in [5, 5.41) is 14.8. The maximum atomic E-state index is 12.7. The summed E-state index contributed by atoms with van der Waals surface area (Å²) in [4.78, 5) is 12.7. The number of nitrogens with one attached hydrogen (secondary N) is 2. The highest BCUT2D eigenvalue weighted by molar-refractivity contribution is 5.93. The van der Waals surface area contributed by atoms with Gasteiger partial charge in [0.15, 0.2) is 5.69 Å². The van der Waals surface area contributed by atoms with E-state index in [2.05, 4.69) is 20.9 Å². The van der Waals surface area contributed by atoms with E-state index < -0.39 is 0 Å². The van der Waals surface area contributed by atoms with E-state index in [1.807, 2.05) is 56.6 Å². The minimum atomic E-state index is -0.199. The number of ether oxygens (including phenoxy) is 1. The number of halogens is 1. The van der Waals surface area contributed by atoms with E-state index in [1.54, 1.807) is 0 Å². The molecule has 8 heteroatoms. The summed E-state index contributed by atoms with van der Waals surface area (Å²) < 4.78 is 7.64. The maximum absolute atomic E-state index is 12.7. The van der Waals surface area contributed by atoms with Crippen molar-refractivity contribution in [2.75, 3.05) is 13.1 Å². The lowest BCUT2D eigenvalue weighted by molar-refractivity contribution is 0.0934. The predicted molar refractivity (Wildman–Crippen MR) is 111 cm³/mol. The summed E-state index contributed by atoms with van der Waals surface area (Å²) in [7, 11) is 0. The Labute approximate surface area is 172 Å². The van der Waals surface area contributed by atoms with Crippen molar-refractivity contribution in [1.29, 1.82) is 0 Å². The van der Waals surface area contributed by atoms with Crippen LogP contribution in [0.1, 0.15) is 67.4 Å². The van der Waals surface area contributed by atoms with Crippen molar-refractivity contribution in [2.24, 2.45) is 0 Å². The van der Waals surface area contributed by atoms with Gasteiger partial charge in [-0.1, -0.05) is 17.3 Å². The fourth-order valence-corrected chi connectivity index (χ4v) is 3.43. The molecule has 154 valence electrons. The minimum absolute atomic E-state index is 0. The van der Waals surface area contributed by atoms with Crippen LogP contribution in [-0.2, 0) is 0 Å². The molecule has 1 aromatic heterocycles. The van der Waals surface area contributed by atoms with Crippen LogP contribution in [0.15, 0.2) is 24.3 Å². The summed E-state index contributed by atoms with van der Waals surface area (Å²) in [6.45, 7) is 9.80. The molecule has 2 aromatic rings. The molecule has 1 aromatic carbocycles. The molecule has 0 radical (unpaired) electrons. The number of carbonyl (C=O) groups is 1. The number of benzene rings is 1. The molecule has 1 amide bonds. The molecule has 28 heavy (non-hydrogen) atoms. The summed E-state index contributed by atoms with van der Waals surface area (Å²) >= 11 is 0. The van der Waals surface area contributed by atoms with Crippen LogP contribution in [0, 0.1) is 6.92 Å². The van der Waals surface area contributed by atoms with Gasteiger partial charge in [0.25, 0.3) is 5.91 Å². The fourth-order valence-electron chi connectivity index (χ4n) is 3.43. The lowest BCUT2D eigenvalue weighted by Crippen LogP contribution is -2.31. The quantitative estimate of drug-likeness (QED) is 0.768. The topological polar surface area (TPSA) is 81.1 Å². The van der Waals surface area contributed by atoms with E-state index in [1.165, 1.54) is 0 Å². The molecule has 3 rings (SSSR count). The molecular weight excluding hydrogens is 378 g/mol. The Morgan fingerprint density at radius 1 is 1.29 bits per heavy atom. The van der Waals surface area contributed by atoms with Gasteiger partial charge in [-0.3, -0.25) is 4.79 Å². The van der Waals surface area contributed by atoms with Gasteiger partial charge in [0.2, 0.25) is 0 Å². The number of amides is 1. The number of aromatic nitrogens is 3. The maximum Gasteiger partial charge on any atom is 0.274 e. The highest BCUT2D eigenvalue weighted by Crippen LogP contribution is 2.22. The van der Waals surface area contributed by atoms with Gasteiger partial charge >= 0.3 is 0 Å². The first-order chi connectivity index (χ1) is 13.0. The zero-order valence-electron chi connectivity index (χ0n) is 16.9. The van der Waals surface area contributed by atoms with Crippen LogP contribution in [-0.4, -0.2) is 40.1 Å². The smallest absolute Gasteiger partial charge is 0.274 e. The third kappa shape index (κ3) is 5.23. The molecule has 7 nitrogen and oxygen atoms in total. The number of rotatable bonds is 6. The summed E-state index contributed by atoms with van der Waals surface area (Å²) in [6.07, 6.45) is 2.12. The van der Waals surface area contributed by atoms with Crippen LogP contribution in [0.3, 0.4) is 0 Å². The van der Waals surface area contributed by atoms with Crippen LogP contribution in [0.4, 0.5) is 0 Å². The van der Waals surface area contributed by atoms with Crippen molar-refractivity contribution >= 4 is 18.3 Å². The summed E-state index contributed by atoms with van der Waals surface area (Å²) in [6, 6.07) is 7.96. The van der Waals surface area contributed by atoms with Crippen molar-refractivity contribution in [2.45, 2.75) is 58.7 Å². The van der Waals surface area contributed by atoms with Gasteiger partial charge in [0.05, 0.1) is 23.9 Å². The summed E-state index contributed by atoms with van der Waals surface area (Å²) in [5.74, 6) is 0.604. The standard InChI is InChI=1S/C20H29N5O2.ClH/c1-13(2)27-18-7-5-6-16(12-18)14(3)22-20(26)19-15(4)25(24-23-19)17-8-10-21-11-9-17;/h5-7,12-14,17,21H,8-11H2,1-4H3,(H,22,26);1H. The molecule has 2 heterocycles. The molecule has 1 atom stereocenters. The lowest BCUT2D eigenvalue weighted by Gasteiger charge is -2.23. The number of piperidine rings is 1. The Balaban J connectivity index is 0.00000280. The van der Waals surface area contributed by atoms with Crippen LogP contribution in [0.25, 0.3) is 0 Å². The number of nitrogens with zero attached hydrogens (tertiary/aromatic N) is 3. The molecule has 0 saturated carbocycles. The van der Waals surface area contributed by atoms with E-state index in [0.29, 0.717) is 11.7 Å². The van der Waals surface area contributed by atoms with E-state index >= 15 is 0 Å². The number of hydrogen-bond donors (Lipinski definition) is 2. The molecule has 1 fully saturated rings. The normalized spacial score (nSPS) is 15.8. The van der Waals surface area contributed by atoms with Crippen LogP contribution in [0.2, 0.25) is 0 Å². The van der Waals surface area contributed by atoms with Crippen molar-refractivity contribution in [3.63, 3.8) is 0 Å². The fraction of sp³-hybridized carbons (Fsp3) is 0.550. The summed E-state index contributed by atoms with van der Waals surface area (Å²) in [5.41, 5.74) is 2.21. The first-order valence-electron chi connectivity index (χ1n) is 9.65. The van der Waals surface area contributed by atoms with Gasteiger partial charge in [-0.05, 0) is 71.3 Å². The monoisotopic (exact) mass is 407 g/mol. The molecule has 1 unspecified atom stereocenters. The van der Waals surface area contributed by atoms with Gasteiger partial charge in [-0.15, -0.1) is 17.5 Å². The molecule has 2 N–H and O–H groups in total. The number of carbonyl (C=O) groups excluding carboxylic acids is 1. The van der Waals surface area contributed by atoms with Crippen LogP contribution < -0.4 is 15.4 Å². The lowest BCUT2D eigenvalue weighted by atomic mass is 10.1. The third-order valence-electron chi connectivity index (χ3n) is 4.87. The van der Waals surface area contributed by atoms with Crippen LogP contribution >= 0.6 is 12.4 Å². The second-order valence-electron chi connectivity index (χ2n) is 7.38. The molecule has 1 aliphatic heterocycles. The highest BCUT2D eigenvalue weighted by Gasteiger charge is 2.23. The molecule has 1 aliphatic rings. The molecular formula is C20H30ClN5O2. The molecule has 0 aliphatic carbocycles. The van der Waals surface area contributed by atoms with Gasteiger partial charge < -0.3 is 15.4 Å². The van der Waals surface area contributed by atoms with Crippen molar-refractivity contribution in [1.82, 2.24) is 25.6 Å². The van der Waals surface area contributed by atoms with E-state index in [4.69, 9.17) is 4.74 Å². The van der Waals surface area contributed by atoms with E-state index in [0.717, 1.165) is 42.9 Å². The van der Waals surface area contributed by atoms with Gasteiger partial charge in [0.1, 0.15) is 5.75 Å². The molecule has 1 saturated heterocycles. The van der Waals surface area contributed by atoms with Gasteiger partial charge in [-0.25, -0.2) is 4.68 Å². The zero-order valence-corrected chi connectivity index (χ0v) is 17.8. The SMILES string of the molecule is Cc1c(C(=O)NC(C)c2cccc(OC(C)C)c2)nnn1C1CCNCC1.Cl. The average molecular weight is 408 g/mol. The van der Waals surface area contributed by atoms with Crippen molar-refractivity contribution in [3.05, 3.63) is 41.2 Å². The highest BCUT2D eigenvalue weighted by atomic mass is 35.5. The van der Waals surface area contributed by atoms with E-state index in [9.17, 15) is 4.79 Å². The Morgan fingerprint density at radius 2 is 2.00 bits per heavy atom. The second-order valence-corrected chi connectivity index (χ2v) is 7.38. The Morgan fingerprint density at radius 3 is 2.68 bits per heavy atom. The van der Waals surface area contributed by atoms with Crippen molar-refractivity contribution in [3.8, 4) is 5.75 Å². The van der Waals surface area contributed by atoms with Crippen LogP contribution in [0.5, 0.6) is 5.75 Å². The Hall–Kier alpha value is -2.12. The third-order valence-corrected chi connectivity index (χ3v) is 4.87.